The molecule has 1 N–H and O–H groups in total. The Labute approximate surface area is 117 Å². The summed E-state index contributed by atoms with van der Waals surface area (Å²) in [6, 6.07) is 7.52. The van der Waals surface area contributed by atoms with Crippen LogP contribution in [0.25, 0.3) is 0 Å². The number of hydrogen-bond acceptors (Lipinski definition) is 2. The van der Waals surface area contributed by atoms with Gasteiger partial charge in [0.05, 0.1) is 0 Å². The molecule has 6 heteroatoms. The van der Waals surface area contributed by atoms with Crippen molar-refractivity contribution in [3.8, 4) is 0 Å². The van der Waals surface area contributed by atoms with Crippen molar-refractivity contribution in [3.63, 3.8) is 0 Å². The van der Waals surface area contributed by atoms with Gasteiger partial charge in [-0.05, 0) is 37.0 Å². The molecule has 0 aliphatic carbocycles. The second-order valence-electron chi connectivity index (χ2n) is 4.35. The maximum Gasteiger partial charge on any atom is 0.301 e. The van der Waals surface area contributed by atoms with Crippen LogP contribution in [0.5, 0.6) is 0 Å². The topological polar surface area (TPSA) is 49.4 Å². The van der Waals surface area contributed by atoms with E-state index < -0.39 is 10.2 Å². The molecule has 4 nitrogen and oxygen atoms in total. The number of alkyl halides is 1. The fourth-order valence-electron chi connectivity index (χ4n) is 1.99. The van der Waals surface area contributed by atoms with E-state index in [0.717, 1.165) is 24.6 Å². The number of hydrogen-bond donors (Lipinski definition) is 1. The van der Waals surface area contributed by atoms with E-state index in [9.17, 15) is 8.42 Å². The van der Waals surface area contributed by atoms with Gasteiger partial charge in [-0.2, -0.15) is 12.7 Å². The standard InChI is InChI=1S/C12H17BrN2O2S/c13-8-7-11-3-5-12(6-4-11)14-18(16,17)15-9-1-2-10-15/h3-6,14H,1-2,7-10H2. The quantitative estimate of drug-likeness (QED) is 0.841. The molecular formula is C12H17BrN2O2S. The predicted octanol–water partition coefficient (Wildman–Crippen LogP) is 2.38. The zero-order valence-corrected chi connectivity index (χ0v) is 12.5. The van der Waals surface area contributed by atoms with Crippen molar-refractivity contribution in [1.82, 2.24) is 4.31 Å². The smallest absolute Gasteiger partial charge is 0.271 e. The fourth-order valence-corrected chi connectivity index (χ4v) is 3.75. The highest BCUT2D eigenvalue weighted by Crippen LogP contribution is 2.17. The van der Waals surface area contributed by atoms with Crippen LogP contribution in [0.4, 0.5) is 5.69 Å². The molecule has 1 heterocycles. The summed E-state index contributed by atoms with van der Waals surface area (Å²) in [4.78, 5) is 0. The van der Waals surface area contributed by atoms with Crippen LogP contribution in [-0.2, 0) is 16.6 Å². The van der Waals surface area contributed by atoms with Gasteiger partial charge in [0, 0.05) is 24.1 Å². The highest BCUT2D eigenvalue weighted by Gasteiger charge is 2.24. The molecule has 1 aromatic carbocycles. The molecule has 0 atom stereocenters. The predicted molar refractivity (Wildman–Crippen MR) is 77.3 cm³/mol. The summed E-state index contributed by atoms with van der Waals surface area (Å²) >= 11 is 3.38. The van der Waals surface area contributed by atoms with Crippen molar-refractivity contribution in [2.75, 3.05) is 23.1 Å². The lowest BCUT2D eigenvalue weighted by atomic mass is 10.2. The van der Waals surface area contributed by atoms with E-state index in [4.69, 9.17) is 0 Å². The first-order valence-electron chi connectivity index (χ1n) is 6.04. The van der Waals surface area contributed by atoms with Crippen LogP contribution < -0.4 is 4.72 Å². The molecule has 0 amide bonds. The van der Waals surface area contributed by atoms with E-state index in [1.54, 1.807) is 0 Å². The molecule has 1 aromatic rings. The van der Waals surface area contributed by atoms with E-state index >= 15 is 0 Å². The molecule has 0 aromatic heterocycles. The molecule has 100 valence electrons. The third-order valence-corrected chi connectivity index (χ3v) is 4.92. The minimum Gasteiger partial charge on any atom is -0.271 e. The van der Waals surface area contributed by atoms with E-state index in [1.807, 2.05) is 24.3 Å². The number of nitrogens with one attached hydrogen (secondary N) is 1. The highest BCUT2D eigenvalue weighted by molar-refractivity contribution is 9.09. The van der Waals surface area contributed by atoms with Gasteiger partial charge in [-0.1, -0.05) is 28.1 Å². The van der Waals surface area contributed by atoms with Crippen molar-refractivity contribution in [2.24, 2.45) is 0 Å². The van der Waals surface area contributed by atoms with Gasteiger partial charge in [-0.25, -0.2) is 0 Å². The minimum atomic E-state index is -3.36. The van der Waals surface area contributed by atoms with E-state index in [2.05, 4.69) is 20.7 Å². The lowest BCUT2D eigenvalue weighted by molar-refractivity contribution is 0.482. The number of benzene rings is 1. The highest BCUT2D eigenvalue weighted by atomic mass is 79.9. The summed E-state index contributed by atoms with van der Waals surface area (Å²) in [5.41, 5.74) is 1.82. The second kappa shape index (κ2) is 6.04. The molecule has 1 aliphatic rings. The van der Waals surface area contributed by atoms with Crippen molar-refractivity contribution in [1.29, 1.82) is 0 Å². The third kappa shape index (κ3) is 3.46. The Kier molecular flexibility index (Phi) is 4.64. The van der Waals surface area contributed by atoms with Gasteiger partial charge in [-0.3, -0.25) is 4.72 Å². The van der Waals surface area contributed by atoms with Crippen molar-refractivity contribution in [2.45, 2.75) is 19.3 Å². The van der Waals surface area contributed by atoms with Gasteiger partial charge in [0.1, 0.15) is 0 Å². The van der Waals surface area contributed by atoms with Crippen LogP contribution in [0, 0.1) is 0 Å². The number of halogens is 1. The van der Waals surface area contributed by atoms with Gasteiger partial charge in [0.2, 0.25) is 0 Å². The average molecular weight is 333 g/mol. The molecule has 0 spiro atoms. The Hall–Kier alpha value is -0.590. The zero-order chi connectivity index (χ0) is 13.0. The van der Waals surface area contributed by atoms with Gasteiger partial charge < -0.3 is 0 Å². The molecule has 0 saturated carbocycles. The third-order valence-electron chi connectivity index (χ3n) is 2.99. The Morgan fingerprint density at radius 1 is 1.17 bits per heavy atom. The normalized spacial score (nSPS) is 16.9. The first-order chi connectivity index (χ1) is 8.62. The lowest BCUT2D eigenvalue weighted by Crippen LogP contribution is -2.33. The lowest BCUT2D eigenvalue weighted by Gasteiger charge is -2.16. The summed E-state index contributed by atoms with van der Waals surface area (Å²) in [7, 11) is -3.36. The molecule has 1 aliphatic heterocycles. The molecule has 1 saturated heterocycles. The maximum atomic E-state index is 12.0. The monoisotopic (exact) mass is 332 g/mol. The molecule has 18 heavy (non-hydrogen) atoms. The minimum absolute atomic E-state index is 0.622. The summed E-state index contributed by atoms with van der Waals surface area (Å²) in [5.74, 6) is 0. The Bertz CT molecular complexity index is 481. The van der Waals surface area contributed by atoms with Gasteiger partial charge in [0.25, 0.3) is 0 Å². The van der Waals surface area contributed by atoms with Crippen LogP contribution in [0.15, 0.2) is 24.3 Å². The fraction of sp³-hybridized carbons (Fsp3) is 0.500. The summed E-state index contributed by atoms with van der Waals surface area (Å²) in [6.07, 6.45) is 2.84. The number of aryl methyl sites for hydroxylation is 1. The van der Waals surface area contributed by atoms with Gasteiger partial charge >= 0.3 is 10.2 Å². The average Bonchev–Trinajstić information content (AvgIpc) is 2.86. The largest absolute Gasteiger partial charge is 0.301 e. The second-order valence-corrected chi connectivity index (χ2v) is 6.81. The summed E-state index contributed by atoms with van der Waals surface area (Å²) in [6.45, 7) is 1.24. The van der Waals surface area contributed by atoms with Crippen LogP contribution in [0.1, 0.15) is 18.4 Å². The summed E-state index contributed by atoms with van der Waals surface area (Å²) < 4.78 is 28.2. The van der Waals surface area contributed by atoms with Crippen molar-refractivity contribution >= 4 is 31.8 Å². The zero-order valence-electron chi connectivity index (χ0n) is 10.1. The molecule has 2 rings (SSSR count). The Balaban J connectivity index is 2.04. The number of anilines is 1. The first kappa shape index (κ1) is 13.8. The van der Waals surface area contributed by atoms with E-state index in [0.29, 0.717) is 18.8 Å². The molecule has 0 radical (unpaired) electrons. The van der Waals surface area contributed by atoms with E-state index in [1.165, 1.54) is 9.87 Å². The van der Waals surface area contributed by atoms with Gasteiger partial charge in [-0.15, -0.1) is 0 Å². The SMILES string of the molecule is O=S(=O)(Nc1ccc(CCBr)cc1)N1CCCC1. The van der Waals surface area contributed by atoms with Crippen LogP contribution in [0.3, 0.4) is 0 Å². The van der Waals surface area contributed by atoms with Crippen molar-refractivity contribution < 1.29 is 8.42 Å². The van der Waals surface area contributed by atoms with Gasteiger partial charge in [0.15, 0.2) is 0 Å². The molecule has 0 bridgehead atoms. The van der Waals surface area contributed by atoms with E-state index in [-0.39, 0.29) is 0 Å². The molecule has 1 fully saturated rings. The molecular weight excluding hydrogens is 316 g/mol. The van der Waals surface area contributed by atoms with Crippen LogP contribution >= 0.6 is 15.9 Å². The first-order valence-corrected chi connectivity index (χ1v) is 8.61. The van der Waals surface area contributed by atoms with Crippen LogP contribution in [0.2, 0.25) is 0 Å². The Morgan fingerprint density at radius 3 is 2.33 bits per heavy atom. The molecule has 0 unspecified atom stereocenters. The maximum absolute atomic E-state index is 12.0. The Morgan fingerprint density at radius 2 is 1.78 bits per heavy atom. The number of nitrogens with zero attached hydrogens (tertiary/aromatic N) is 1. The van der Waals surface area contributed by atoms with Crippen LogP contribution in [-0.4, -0.2) is 31.1 Å². The summed E-state index contributed by atoms with van der Waals surface area (Å²) in [5, 5.41) is 0.909. The number of rotatable bonds is 5. The van der Waals surface area contributed by atoms with Crippen molar-refractivity contribution in [3.05, 3.63) is 29.8 Å².